The molecule has 1 heterocycles. The number of aryl methyl sites for hydroxylation is 1. The molecule has 1 aromatic rings. The van der Waals surface area contributed by atoms with Gasteiger partial charge in [-0.1, -0.05) is 12.7 Å². The Morgan fingerprint density at radius 2 is 2.38 bits per heavy atom. The molecule has 0 spiro atoms. The Hall–Kier alpha value is -1.50. The lowest BCUT2D eigenvalue weighted by molar-refractivity contribution is -0.686. The van der Waals surface area contributed by atoms with Crippen LogP contribution < -0.4 is 4.57 Å². The van der Waals surface area contributed by atoms with Crippen LogP contribution in [-0.4, -0.2) is 12.4 Å². The average Bonchev–Trinajstić information content (AvgIpc) is 2.54. The second-order valence-corrected chi connectivity index (χ2v) is 2.36. The summed E-state index contributed by atoms with van der Waals surface area (Å²) in [5.41, 5.74) is 0. The minimum Gasteiger partial charge on any atom is -0.466 e. The van der Waals surface area contributed by atoms with Crippen molar-refractivity contribution in [2.24, 2.45) is 0 Å². The number of nitriles is 1. The van der Waals surface area contributed by atoms with Crippen LogP contribution in [0.5, 0.6) is 0 Å². The van der Waals surface area contributed by atoms with Gasteiger partial charge in [0, 0.05) is 0 Å². The third-order valence-electron chi connectivity index (χ3n) is 1.45. The third-order valence-corrected chi connectivity index (χ3v) is 1.45. The molecule has 0 atom stereocenters. The Morgan fingerprint density at radius 1 is 1.77 bits per heavy atom. The minimum atomic E-state index is 0.896. The van der Waals surface area contributed by atoms with Gasteiger partial charge in [-0.3, -0.25) is 11.2 Å². The maximum Gasteiger partial charge on any atom is 0.244 e. The number of rotatable bonds is 3. The second-order valence-electron chi connectivity index (χ2n) is 2.36. The van der Waals surface area contributed by atoms with Gasteiger partial charge in [-0.15, -0.1) is 0 Å². The lowest BCUT2D eigenvalue weighted by Gasteiger charge is -1.85. The van der Waals surface area contributed by atoms with E-state index in [1.54, 1.807) is 0 Å². The topological polar surface area (TPSA) is 32.6 Å². The number of imidazole rings is 1. The maximum absolute atomic E-state index is 7.10. The molecule has 3 radical (unpaired) electrons. The minimum absolute atomic E-state index is 0.896. The smallest absolute Gasteiger partial charge is 0.244 e. The quantitative estimate of drug-likeness (QED) is 0.375. The first-order valence-electron chi connectivity index (χ1n) is 4.03. The van der Waals surface area contributed by atoms with E-state index >= 15 is 0 Å². The van der Waals surface area contributed by atoms with Gasteiger partial charge in [0.1, 0.15) is 18.9 Å². The molecule has 0 bridgehead atoms. The molecule has 0 amide bonds. The molecular formula is C9H13BN3. The molecule has 4 heteroatoms. The molecule has 0 aliphatic rings. The van der Waals surface area contributed by atoms with Crippen molar-refractivity contribution >= 4 is 7.85 Å². The summed E-state index contributed by atoms with van der Waals surface area (Å²) in [7, 11) is 4.15. The zero-order valence-corrected chi connectivity index (χ0v) is 7.85. The monoisotopic (exact) mass is 174 g/mol. The zero-order chi connectivity index (χ0) is 10.1. The molecule has 13 heavy (non-hydrogen) atoms. The van der Waals surface area contributed by atoms with E-state index in [0.29, 0.717) is 0 Å². The molecule has 0 aliphatic heterocycles. The van der Waals surface area contributed by atoms with Crippen LogP contribution >= 0.6 is 0 Å². The van der Waals surface area contributed by atoms with E-state index in [2.05, 4.69) is 43.0 Å². The predicted molar refractivity (Wildman–Crippen MR) is 51.9 cm³/mol. The van der Waals surface area contributed by atoms with E-state index in [0.717, 1.165) is 13.1 Å². The third kappa shape index (κ3) is 4.86. The van der Waals surface area contributed by atoms with Gasteiger partial charge in [0.25, 0.3) is 0 Å². The highest BCUT2D eigenvalue weighted by molar-refractivity contribution is 6.20. The van der Waals surface area contributed by atoms with Crippen molar-refractivity contribution in [3.05, 3.63) is 31.4 Å². The summed E-state index contributed by atoms with van der Waals surface area (Å²) in [6, 6.07) is 0. The first kappa shape index (κ1) is 11.5. The average molecular weight is 174 g/mol. The van der Waals surface area contributed by atoms with Crippen LogP contribution in [0.2, 0.25) is 0 Å². The molecule has 0 saturated heterocycles. The molecular weight excluding hydrogens is 161 g/mol. The Bertz CT molecular complexity index is 285. The molecule has 0 fully saturated rings. The summed E-state index contributed by atoms with van der Waals surface area (Å²) in [6.45, 7) is 7.71. The molecule has 0 saturated carbocycles. The lowest BCUT2D eigenvalue weighted by atomic mass is 10.2. The van der Waals surface area contributed by atoms with Gasteiger partial charge >= 0.3 is 0 Å². The van der Waals surface area contributed by atoms with Crippen LogP contribution in [0.25, 0.3) is 0 Å². The number of aromatic nitrogens is 2. The maximum atomic E-state index is 7.10. The number of nitrogens with zero attached hydrogens (tertiary/aromatic N) is 3. The highest BCUT2D eigenvalue weighted by Crippen LogP contribution is 1.82. The van der Waals surface area contributed by atoms with Crippen LogP contribution in [0.1, 0.15) is 6.92 Å². The Kier molecular flexibility index (Phi) is 6.35. The van der Waals surface area contributed by atoms with Gasteiger partial charge in [0.05, 0.1) is 6.54 Å². The van der Waals surface area contributed by atoms with Crippen molar-refractivity contribution in [1.29, 1.82) is 5.26 Å². The number of hydrogen-bond donors (Lipinski definition) is 0. The fourth-order valence-corrected chi connectivity index (χ4v) is 0.883. The van der Waals surface area contributed by atoms with Gasteiger partial charge in [0.2, 0.25) is 6.33 Å². The van der Waals surface area contributed by atoms with Gasteiger partial charge in [-0.05, 0) is 6.92 Å². The first-order chi connectivity index (χ1) is 6.28. The zero-order valence-electron chi connectivity index (χ0n) is 7.85. The molecule has 0 aromatic carbocycles. The van der Waals surface area contributed by atoms with Gasteiger partial charge < -0.3 is 7.85 Å². The molecule has 0 aliphatic carbocycles. The summed E-state index contributed by atoms with van der Waals surface area (Å²) in [4.78, 5) is 0. The first-order valence-corrected chi connectivity index (χ1v) is 4.03. The summed E-state index contributed by atoms with van der Waals surface area (Å²) in [5, 5.41) is 7.10. The van der Waals surface area contributed by atoms with Crippen LogP contribution in [0.3, 0.4) is 0 Å². The Labute approximate surface area is 80.3 Å². The molecule has 0 unspecified atom stereocenters. The van der Waals surface area contributed by atoms with Crippen molar-refractivity contribution in [1.82, 2.24) is 4.57 Å². The van der Waals surface area contributed by atoms with Crippen LogP contribution in [0, 0.1) is 11.2 Å². The fourth-order valence-electron chi connectivity index (χ4n) is 0.883. The van der Waals surface area contributed by atoms with E-state index in [4.69, 9.17) is 5.26 Å². The number of hydrogen-bond acceptors (Lipinski definition) is 1. The largest absolute Gasteiger partial charge is 0.466 e. The number of allylic oxidation sites excluding steroid dienone is 1. The lowest BCUT2D eigenvalue weighted by Crippen LogP contribution is -2.29. The molecule has 1 aromatic heterocycles. The van der Waals surface area contributed by atoms with E-state index in [1.807, 2.05) is 12.3 Å². The van der Waals surface area contributed by atoms with Crippen LogP contribution in [0.15, 0.2) is 31.4 Å². The summed E-state index contributed by atoms with van der Waals surface area (Å²) in [5.74, 6) is 1.25. The van der Waals surface area contributed by atoms with Crippen molar-refractivity contribution in [2.75, 3.05) is 0 Å². The van der Waals surface area contributed by atoms with Gasteiger partial charge in [0.15, 0.2) is 0 Å². The highest BCUT2D eigenvalue weighted by Gasteiger charge is 1.96. The Balaban J connectivity index is 0.000000424. The Morgan fingerprint density at radius 3 is 2.77 bits per heavy atom. The normalized spacial score (nSPS) is 8.08. The van der Waals surface area contributed by atoms with E-state index in [9.17, 15) is 0 Å². The highest BCUT2D eigenvalue weighted by atomic mass is 15.1. The molecule has 3 nitrogen and oxygen atoms in total. The van der Waals surface area contributed by atoms with Crippen molar-refractivity contribution < 1.29 is 4.57 Å². The standard InChI is InChI=1S/C8H13N2.CBN/c1-3-5-10-7-6-9(4-2)8-10;2-1-3/h3,6-8H,1,4-5H2,2H3;/q+1;-1. The summed E-state index contributed by atoms with van der Waals surface area (Å²) in [6.07, 6.45) is 8.07. The van der Waals surface area contributed by atoms with E-state index < -0.39 is 0 Å². The molecule has 1 rings (SSSR count). The fraction of sp³-hybridized carbons (Fsp3) is 0.333. The van der Waals surface area contributed by atoms with Gasteiger partial charge in [-0.2, -0.15) is 0 Å². The van der Waals surface area contributed by atoms with Gasteiger partial charge in [-0.25, -0.2) is 9.13 Å². The van der Waals surface area contributed by atoms with Crippen molar-refractivity contribution in [2.45, 2.75) is 20.0 Å². The SMILES string of the molecule is C=CC[n+]1ccn(CC)c1.[B-]C#N. The van der Waals surface area contributed by atoms with E-state index in [1.165, 1.54) is 5.97 Å². The van der Waals surface area contributed by atoms with Crippen LogP contribution in [0.4, 0.5) is 0 Å². The predicted octanol–water partition coefficient (Wildman–Crippen LogP) is 0.617. The summed E-state index contributed by atoms with van der Waals surface area (Å²) >= 11 is 0. The van der Waals surface area contributed by atoms with Crippen molar-refractivity contribution in [3.8, 4) is 5.97 Å². The molecule has 67 valence electrons. The van der Waals surface area contributed by atoms with Crippen molar-refractivity contribution in [3.63, 3.8) is 0 Å². The summed E-state index contributed by atoms with van der Waals surface area (Å²) < 4.78 is 4.22. The van der Waals surface area contributed by atoms with E-state index in [-0.39, 0.29) is 0 Å². The second kappa shape index (κ2) is 7.17. The van der Waals surface area contributed by atoms with Crippen LogP contribution in [-0.2, 0) is 13.1 Å². The molecule has 0 N–H and O–H groups in total.